The average Bonchev–Trinajstić information content (AvgIpc) is 3.54. The fraction of sp³-hybridized carbons (Fsp3) is 0.120. The first kappa shape index (κ1) is 23.7. The molecule has 0 spiro atoms. The molecule has 2 N–H and O–H groups in total. The second kappa shape index (κ2) is 10.3. The van der Waals surface area contributed by atoms with Gasteiger partial charge in [-0.1, -0.05) is 23.4 Å². The molecule has 2 aromatic heterocycles. The zero-order chi connectivity index (χ0) is 25.1. The lowest BCUT2D eigenvalue weighted by molar-refractivity contribution is -0.113. The van der Waals surface area contributed by atoms with Crippen molar-refractivity contribution in [2.24, 2.45) is 0 Å². The van der Waals surface area contributed by atoms with Crippen molar-refractivity contribution in [2.45, 2.75) is 5.22 Å². The quantitative estimate of drug-likeness (QED) is 0.250. The van der Waals surface area contributed by atoms with Crippen molar-refractivity contribution < 1.29 is 18.7 Å². The molecule has 0 saturated heterocycles. The van der Waals surface area contributed by atoms with Crippen molar-refractivity contribution >= 4 is 46.0 Å². The van der Waals surface area contributed by atoms with Gasteiger partial charge in [-0.2, -0.15) is 0 Å². The van der Waals surface area contributed by atoms with Crippen LogP contribution in [-0.4, -0.2) is 46.0 Å². The number of benzene rings is 3. The van der Waals surface area contributed by atoms with Gasteiger partial charge in [-0.15, -0.1) is 10.2 Å². The number of ether oxygens (including phenoxy) is 2. The predicted octanol–water partition coefficient (Wildman–Crippen LogP) is 5.68. The molecule has 0 saturated carbocycles. The highest BCUT2D eigenvalue weighted by Crippen LogP contribution is 2.30. The van der Waals surface area contributed by atoms with E-state index in [9.17, 15) is 4.79 Å². The molecule has 0 atom stereocenters. The van der Waals surface area contributed by atoms with Crippen LogP contribution in [0.1, 0.15) is 0 Å². The lowest BCUT2D eigenvalue weighted by atomic mass is 10.2. The third kappa shape index (κ3) is 5.14. The van der Waals surface area contributed by atoms with Crippen molar-refractivity contribution in [2.75, 3.05) is 25.3 Å². The van der Waals surface area contributed by atoms with Crippen LogP contribution >= 0.6 is 23.4 Å². The number of amides is 1. The largest absolute Gasteiger partial charge is 0.493 e. The van der Waals surface area contributed by atoms with E-state index in [0.29, 0.717) is 33.3 Å². The van der Waals surface area contributed by atoms with Crippen molar-refractivity contribution in [1.82, 2.24) is 20.2 Å². The van der Waals surface area contributed by atoms with Gasteiger partial charge in [0, 0.05) is 27.9 Å². The summed E-state index contributed by atoms with van der Waals surface area (Å²) in [5.74, 6) is 2.07. The van der Waals surface area contributed by atoms with Crippen LogP contribution in [0, 0.1) is 0 Å². The Morgan fingerprint density at radius 2 is 1.78 bits per heavy atom. The molecule has 1 amide bonds. The van der Waals surface area contributed by atoms with Crippen molar-refractivity contribution in [3.05, 3.63) is 65.7 Å². The van der Waals surface area contributed by atoms with Crippen LogP contribution < -0.4 is 14.8 Å². The Balaban J connectivity index is 1.24. The number of anilines is 1. The number of thioether (sulfide) groups is 1. The smallest absolute Gasteiger partial charge is 0.277 e. The summed E-state index contributed by atoms with van der Waals surface area (Å²) in [7, 11) is 3.09. The van der Waals surface area contributed by atoms with E-state index in [0.717, 1.165) is 39.7 Å². The summed E-state index contributed by atoms with van der Waals surface area (Å²) >= 11 is 7.13. The molecule has 36 heavy (non-hydrogen) atoms. The number of methoxy groups -OCH3 is 2. The molecule has 0 bridgehead atoms. The Hall–Kier alpha value is -4.02. The fourth-order valence-corrected chi connectivity index (χ4v) is 4.20. The molecule has 11 heteroatoms. The predicted molar refractivity (Wildman–Crippen MR) is 139 cm³/mol. The summed E-state index contributed by atoms with van der Waals surface area (Å²) in [6.07, 6.45) is 0. The summed E-state index contributed by atoms with van der Waals surface area (Å²) in [5, 5.41) is 11.9. The zero-order valence-electron chi connectivity index (χ0n) is 19.2. The first-order valence-electron chi connectivity index (χ1n) is 10.8. The summed E-state index contributed by atoms with van der Waals surface area (Å²) in [6, 6.07) is 18.2. The van der Waals surface area contributed by atoms with Gasteiger partial charge >= 0.3 is 0 Å². The Morgan fingerprint density at radius 3 is 2.56 bits per heavy atom. The summed E-state index contributed by atoms with van der Waals surface area (Å²) in [4.78, 5) is 20.3. The molecule has 5 aromatic rings. The van der Waals surface area contributed by atoms with Crippen molar-refractivity contribution in [3.63, 3.8) is 0 Å². The number of aromatic nitrogens is 4. The maximum atomic E-state index is 12.4. The number of aromatic amines is 1. The number of H-pyrrole nitrogens is 1. The molecule has 0 aliphatic carbocycles. The Kier molecular flexibility index (Phi) is 6.79. The molecule has 3 aromatic carbocycles. The number of imidazole rings is 1. The molecule has 2 heterocycles. The van der Waals surface area contributed by atoms with Crippen LogP contribution in [0.4, 0.5) is 5.69 Å². The van der Waals surface area contributed by atoms with E-state index >= 15 is 0 Å². The van der Waals surface area contributed by atoms with Gasteiger partial charge in [0.2, 0.25) is 11.8 Å². The first-order chi connectivity index (χ1) is 17.5. The van der Waals surface area contributed by atoms with Crippen molar-refractivity contribution in [1.29, 1.82) is 0 Å². The SMILES string of the molecule is COc1ccc(NC(=O)CSc2nnc(-c3ccc4nc(-c5ccc(Cl)cc5)[nH]c4c3)o2)cc1OC. The molecule has 5 rings (SSSR count). The molecule has 0 fully saturated rings. The minimum atomic E-state index is -0.222. The van der Waals surface area contributed by atoms with Gasteiger partial charge in [0.1, 0.15) is 5.82 Å². The number of hydrogen-bond acceptors (Lipinski definition) is 8. The van der Waals surface area contributed by atoms with E-state index in [2.05, 4.69) is 25.5 Å². The van der Waals surface area contributed by atoms with Crippen LogP contribution in [0.25, 0.3) is 33.9 Å². The van der Waals surface area contributed by atoms with Gasteiger partial charge in [0.05, 0.1) is 31.0 Å². The second-order valence-electron chi connectivity index (χ2n) is 7.60. The minimum absolute atomic E-state index is 0.0972. The number of carbonyl (C=O) groups is 1. The van der Waals surface area contributed by atoms with Gasteiger partial charge in [-0.05, 0) is 54.6 Å². The highest BCUT2D eigenvalue weighted by molar-refractivity contribution is 7.99. The number of halogens is 1. The third-order valence-corrected chi connectivity index (χ3v) is 6.32. The topological polar surface area (TPSA) is 115 Å². The van der Waals surface area contributed by atoms with E-state index in [1.807, 2.05) is 42.5 Å². The molecule has 0 unspecified atom stereocenters. The maximum Gasteiger partial charge on any atom is 0.277 e. The molecule has 0 aliphatic heterocycles. The van der Waals surface area contributed by atoms with E-state index in [1.165, 1.54) is 7.11 Å². The highest BCUT2D eigenvalue weighted by Gasteiger charge is 2.14. The Bertz CT molecular complexity index is 1530. The lowest BCUT2D eigenvalue weighted by Crippen LogP contribution is -2.14. The average molecular weight is 522 g/mol. The monoisotopic (exact) mass is 521 g/mol. The van der Waals surface area contributed by atoms with Gasteiger partial charge in [-0.3, -0.25) is 4.79 Å². The first-order valence-corrected chi connectivity index (χ1v) is 12.1. The van der Waals surface area contributed by atoms with E-state index in [1.54, 1.807) is 25.3 Å². The number of nitrogens with zero attached hydrogens (tertiary/aromatic N) is 3. The number of nitrogens with one attached hydrogen (secondary N) is 2. The Labute approximate surface area is 215 Å². The number of hydrogen-bond donors (Lipinski definition) is 2. The molecular formula is C25H20ClN5O4S. The summed E-state index contributed by atoms with van der Waals surface area (Å²) in [6.45, 7) is 0. The maximum absolute atomic E-state index is 12.4. The Morgan fingerprint density at radius 1 is 1.00 bits per heavy atom. The second-order valence-corrected chi connectivity index (χ2v) is 8.97. The number of carbonyl (C=O) groups excluding carboxylic acids is 1. The standard InChI is InChI=1S/C25H20ClN5O4S/c1-33-20-10-8-17(12-21(20)34-2)27-22(32)13-36-25-31-30-24(35-25)15-5-9-18-19(11-15)29-23(28-18)14-3-6-16(26)7-4-14/h3-12H,13H2,1-2H3,(H,27,32)(H,28,29). The molecule has 0 aliphatic rings. The third-order valence-electron chi connectivity index (χ3n) is 5.25. The zero-order valence-corrected chi connectivity index (χ0v) is 20.8. The van der Waals surface area contributed by atoms with E-state index in [4.69, 9.17) is 25.5 Å². The van der Waals surface area contributed by atoms with Crippen molar-refractivity contribution in [3.8, 4) is 34.3 Å². The number of rotatable bonds is 8. The summed E-state index contributed by atoms with van der Waals surface area (Å²) in [5.41, 5.74) is 3.90. The molecule has 0 radical (unpaired) electrons. The van der Waals surface area contributed by atoms with Gasteiger partial charge in [0.15, 0.2) is 11.5 Å². The van der Waals surface area contributed by atoms with Gasteiger partial charge < -0.3 is 24.2 Å². The fourth-order valence-electron chi connectivity index (χ4n) is 3.51. The molecule has 9 nitrogen and oxygen atoms in total. The van der Waals surface area contributed by atoms with Gasteiger partial charge in [0.25, 0.3) is 5.22 Å². The van der Waals surface area contributed by atoms with Crippen LogP contribution in [0.15, 0.2) is 70.3 Å². The number of fused-ring (bicyclic) bond motifs is 1. The summed E-state index contributed by atoms with van der Waals surface area (Å²) < 4.78 is 16.2. The van der Waals surface area contributed by atoms with Gasteiger partial charge in [-0.25, -0.2) is 4.98 Å². The normalized spacial score (nSPS) is 11.0. The van der Waals surface area contributed by atoms with Crippen LogP contribution in [0.3, 0.4) is 0 Å². The minimum Gasteiger partial charge on any atom is -0.493 e. The lowest BCUT2D eigenvalue weighted by Gasteiger charge is -2.10. The molecular weight excluding hydrogens is 502 g/mol. The van der Waals surface area contributed by atoms with Crippen LogP contribution in [0.5, 0.6) is 11.5 Å². The van der Waals surface area contributed by atoms with E-state index < -0.39 is 0 Å². The van der Waals surface area contributed by atoms with E-state index in [-0.39, 0.29) is 11.7 Å². The molecule has 182 valence electrons. The highest BCUT2D eigenvalue weighted by atomic mass is 35.5. The van der Waals surface area contributed by atoms with Crippen LogP contribution in [-0.2, 0) is 4.79 Å². The van der Waals surface area contributed by atoms with Crippen LogP contribution in [0.2, 0.25) is 5.02 Å².